The standard InChI is InChI=1S/C19H21N3O3/c20-9-10-21-19(24)15-6-2-3-7-16(15)22-18(23)14-11-13-5-1-4-8-17(13)25-12-14/h1-8,14H,9-12,20H2,(H,21,24)(H,22,23). The maximum atomic E-state index is 12.6. The average Bonchev–Trinajstić information content (AvgIpc) is 2.66. The van der Waals surface area contributed by atoms with Crippen LogP contribution in [0.15, 0.2) is 48.5 Å². The highest BCUT2D eigenvalue weighted by Gasteiger charge is 2.26. The van der Waals surface area contributed by atoms with Crippen LogP contribution in [0.25, 0.3) is 0 Å². The molecule has 25 heavy (non-hydrogen) atoms. The summed E-state index contributed by atoms with van der Waals surface area (Å²) in [5.41, 5.74) is 7.33. The van der Waals surface area contributed by atoms with Crippen molar-refractivity contribution in [2.24, 2.45) is 11.7 Å². The van der Waals surface area contributed by atoms with Crippen LogP contribution in [0.5, 0.6) is 5.75 Å². The lowest BCUT2D eigenvalue weighted by Crippen LogP contribution is -2.34. The first-order valence-corrected chi connectivity index (χ1v) is 8.28. The van der Waals surface area contributed by atoms with Crippen molar-refractivity contribution >= 4 is 17.5 Å². The molecule has 1 heterocycles. The number of carbonyl (C=O) groups is 2. The Morgan fingerprint density at radius 2 is 1.88 bits per heavy atom. The quantitative estimate of drug-likeness (QED) is 0.771. The van der Waals surface area contributed by atoms with E-state index in [-0.39, 0.29) is 17.7 Å². The summed E-state index contributed by atoms with van der Waals surface area (Å²) in [6.45, 7) is 1.07. The van der Waals surface area contributed by atoms with Crippen LogP contribution in [0.3, 0.4) is 0 Å². The molecule has 4 N–H and O–H groups in total. The van der Waals surface area contributed by atoms with Crippen LogP contribution in [0.2, 0.25) is 0 Å². The van der Waals surface area contributed by atoms with E-state index in [1.807, 2.05) is 24.3 Å². The molecule has 0 spiro atoms. The zero-order chi connectivity index (χ0) is 17.6. The molecule has 1 atom stereocenters. The first kappa shape index (κ1) is 17.0. The van der Waals surface area contributed by atoms with Gasteiger partial charge >= 0.3 is 0 Å². The van der Waals surface area contributed by atoms with Gasteiger partial charge in [-0.3, -0.25) is 9.59 Å². The third-order valence-electron chi connectivity index (χ3n) is 4.11. The molecule has 2 amide bonds. The number of hydrogen-bond donors (Lipinski definition) is 3. The number of hydrogen-bond acceptors (Lipinski definition) is 4. The third kappa shape index (κ3) is 3.97. The first-order valence-electron chi connectivity index (χ1n) is 8.28. The van der Waals surface area contributed by atoms with Gasteiger partial charge in [0.15, 0.2) is 0 Å². The SMILES string of the molecule is NCCNC(=O)c1ccccc1NC(=O)C1COc2ccccc2C1. The number of benzene rings is 2. The summed E-state index contributed by atoms with van der Waals surface area (Å²) in [6, 6.07) is 14.6. The van der Waals surface area contributed by atoms with Crippen LogP contribution in [-0.4, -0.2) is 31.5 Å². The predicted octanol–water partition coefficient (Wildman–Crippen LogP) is 1.56. The molecule has 0 bridgehead atoms. The minimum atomic E-state index is -0.296. The largest absolute Gasteiger partial charge is 0.492 e. The normalized spacial score (nSPS) is 15.6. The maximum Gasteiger partial charge on any atom is 0.253 e. The molecule has 130 valence electrons. The number of carbonyl (C=O) groups excluding carboxylic acids is 2. The molecule has 6 heteroatoms. The zero-order valence-electron chi connectivity index (χ0n) is 13.8. The smallest absolute Gasteiger partial charge is 0.253 e. The fourth-order valence-corrected chi connectivity index (χ4v) is 2.80. The van der Waals surface area contributed by atoms with E-state index in [1.165, 1.54) is 0 Å². The van der Waals surface area contributed by atoms with Gasteiger partial charge in [0.05, 0.1) is 17.2 Å². The Kier molecular flexibility index (Phi) is 5.30. The Bertz CT molecular complexity index is 776. The topological polar surface area (TPSA) is 93.5 Å². The van der Waals surface area contributed by atoms with Crippen molar-refractivity contribution in [2.45, 2.75) is 6.42 Å². The van der Waals surface area contributed by atoms with Gasteiger partial charge in [-0.05, 0) is 30.2 Å². The summed E-state index contributed by atoms with van der Waals surface area (Å²) in [5.74, 6) is 0.114. The Balaban J connectivity index is 1.71. The van der Waals surface area contributed by atoms with E-state index < -0.39 is 0 Å². The summed E-state index contributed by atoms with van der Waals surface area (Å²) >= 11 is 0. The minimum Gasteiger partial charge on any atom is -0.492 e. The van der Waals surface area contributed by atoms with Crippen LogP contribution >= 0.6 is 0 Å². The summed E-state index contributed by atoms with van der Waals surface area (Å²) in [7, 11) is 0. The number of para-hydroxylation sites is 2. The highest BCUT2D eigenvalue weighted by Crippen LogP contribution is 2.27. The average molecular weight is 339 g/mol. The third-order valence-corrected chi connectivity index (χ3v) is 4.11. The second kappa shape index (κ2) is 7.81. The maximum absolute atomic E-state index is 12.6. The number of rotatable bonds is 5. The molecule has 0 fully saturated rings. The number of anilines is 1. The van der Waals surface area contributed by atoms with Gasteiger partial charge in [0.25, 0.3) is 5.91 Å². The van der Waals surface area contributed by atoms with Crippen LogP contribution in [0, 0.1) is 5.92 Å². The molecule has 0 radical (unpaired) electrons. The van der Waals surface area contributed by atoms with E-state index in [9.17, 15) is 9.59 Å². The molecular formula is C19H21N3O3. The summed E-state index contributed by atoms with van der Waals surface area (Å²) in [4.78, 5) is 24.8. The van der Waals surface area contributed by atoms with E-state index in [0.29, 0.717) is 37.4 Å². The fraction of sp³-hybridized carbons (Fsp3) is 0.263. The van der Waals surface area contributed by atoms with Gasteiger partial charge in [0.2, 0.25) is 5.91 Å². The zero-order valence-corrected chi connectivity index (χ0v) is 13.8. The molecular weight excluding hydrogens is 318 g/mol. The Morgan fingerprint density at radius 1 is 1.12 bits per heavy atom. The second-order valence-electron chi connectivity index (χ2n) is 5.90. The molecule has 3 rings (SSSR count). The number of fused-ring (bicyclic) bond motifs is 1. The second-order valence-corrected chi connectivity index (χ2v) is 5.90. The van der Waals surface area contributed by atoms with Gasteiger partial charge in [0, 0.05) is 13.1 Å². The minimum absolute atomic E-state index is 0.159. The van der Waals surface area contributed by atoms with Crippen LogP contribution in [0.1, 0.15) is 15.9 Å². The van der Waals surface area contributed by atoms with Crippen molar-refractivity contribution in [1.29, 1.82) is 0 Å². The molecule has 0 aliphatic carbocycles. The van der Waals surface area contributed by atoms with Gasteiger partial charge in [-0.15, -0.1) is 0 Å². The summed E-state index contributed by atoms with van der Waals surface area (Å²) < 4.78 is 5.67. The highest BCUT2D eigenvalue weighted by molar-refractivity contribution is 6.04. The van der Waals surface area contributed by atoms with Crippen molar-refractivity contribution in [3.63, 3.8) is 0 Å². The monoisotopic (exact) mass is 339 g/mol. The molecule has 1 unspecified atom stereocenters. The van der Waals surface area contributed by atoms with E-state index >= 15 is 0 Å². The number of amides is 2. The van der Waals surface area contributed by atoms with Crippen molar-refractivity contribution in [3.05, 3.63) is 59.7 Å². The van der Waals surface area contributed by atoms with Crippen LogP contribution < -0.4 is 21.1 Å². The molecule has 1 aliphatic heterocycles. The summed E-state index contributed by atoms with van der Waals surface area (Å²) in [5, 5.41) is 5.57. The molecule has 0 saturated carbocycles. The van der Waals surface area contributed by atoms with E-state index in [0.717, 1.165) is 11.3 Å². The molecule has 1 aliphatic rings. The van der Waals surface area contributed by atoms with Gasteiger partial charge in [-0.2, -0.15) is 0 Å². The summed E-state index contributed by atoms with van der Waals surface area (Å²) in [6.07, 6.45) is 0.615. The van der Waals surface area contributed by atoms with Gasteiger partial charge in [-0.25, -0.2) is 0 Å². The Morgan fingerprint density at radius 3 is 2.72 bits per heavy atom. The van der Waals surface area contributed by atoms with Crippen molar-refractivity contribution in [3.8, 4) is 5.75 Å². The lowest BCUT2D eigenvalue weighted by molar-refractivity contribution is -0.121. The fourth-order valence-electron chi connectivity index (χ4n) is 2.80. The van der Waals surface area contributed by atoms with E-state index in [4.69, 9.17) is 10.5 Å². The number of nitrogens with one attached hydrogen (secondary N) is 2. The van der Waals surface area contributed by atoms with Gasteiger partial charge in [0.1, 0.15) is 12.4 Å². The van der Waals surface area contributed by atoms with E-state index in [2.05, 4.69) is 10.6 Å². The molecule has 2 aromatic rings. The Labute approximate surface area is 146 Å². The van der Waals surface area contributed by atoms with Crippen molar-refractivity contribution in [2.75, 3.05) is 25.0 Å². The molecule has 6 nitrogen and oxygen atoms in total. The van der Waals surface area contributed by atoms with Crippen molar-refractivity contribution < 1.29 is 14.3 Å². The van der Waals surface area contributed by atoms with Crippen molar-refractivity contribution in [1.82, 2.24) is 5.32 Å². The Hall–Kier alpha value is -2.86. The molecule has 0 saturated heterocycles. The highest BCUT2D eigenvalue weighted by atomic mass is 16.5. The van der Waals surface area contributed by atoms with Crippen LogP contribution in [-0.2, 0) is 11.2 Å². The molecule has 0 aromatic heterocycles. The number of nitrogens with two attached hydrogens (primary N) is 1. The molecule has 2 aromatic carbocycles. The predicted molar refractivity (Wildman–Crippen MR) is 95.6 cm³/mol. The lowest BCUT2D eigenvalue weighted by atomic mass is 9.96. The lowest BCUT2D eigenvalue weighted by Gasteiger charge is -2.24. The van der Waals surface area contributed by atoms with Gasteiger partial charge < -0.3 is 21.1 Å². The van der Waals surface area contributed by atoms with Crippen LogP contribution in [0.4, 0.5) is 5.69 Å². The number of ether oxygens (including phenoxy) is 1. The van der Waals surface area contributed by atoms with Gasteiger partial charge in [-0.1, -0.05) is 30.3 Å². The first-order chi connectivity index (χ1) is 12.2. The van der Waals surface area contributed by atoms with E-state index in [1.54, 1.807) is 24.3 Å².